The number of carboxylic acid groups (broad SMARTS) is 1. The van der Waals surface area contributed by atoms with Crippen molar-refractivity contribution in [1.29, 1.82) is 0 Å². The van der Waals surface area contributed by atoms with Crippen molar-refractivity contribution in [2.75, 3.05) is 0 Å². The molecule has 0 aliphatic carbocycles. The van der Waals surface area contributed by atoms with E-state index in [2.05, 4.69) is 12.6 Å². The summed E-state index contributed by atoms with van der Waals surface area (Å²) in [7, 11) is 0. The molecule has 0 aliphatic rings. The van der Waals surface area contributed by atoms with Crippen LogP contribution in [0.5, 0.6) is 0 Å². The molecule has 0 aromatic heterocycles. The fraction of sp³-hybridized carbons (Fsp3) is 0.875. The molecule has 0 aromatic carbocycles. The number of aliphatic carboxylic acids is 1. The molecule has 3 nitrogen and oxygen atoms in total. The zero-order valence-electron chi connectivity index (χ0n) is 7.36. The van der Waals surface area contributed by atoms with E-state index in [1.54, 1.807) is 0 Å². The van der Waals surface area contributed by atoms with Gasteiger partial charge in [-0.2, -0.15) is 12.6 Å². The standard InChI is InChI=1S/C8H17NO2S/c1-2-6(9)4-3-5-7(12)8(10)11/h6-7,12H,2-5,9H2,1H3,(H,10,11). The number of thiol groups is 1. The molecule has 2 unspecified atom stereocenters. The van der Waals surface area contributed by atoms with E-state index < -0.39 is 11.2 Å². The van der Waals surface area contributed by atoms with Crippen molar-refractivity contribution >= 4 is 18.6 Å². The second-order valence-corrected chi connectivity index (χ2v) is 3.58. The van der Waals surface area contributed by atoms with E-state index in [-0.39, 0.29) is 6.04 Å². The quantitative estimate of drug-likeness (QED) is 0.554. The molecule has 0 radical (unpaired) electrons. The summed E-state index contributed by atoms with van der Waals surface area (Å²) in [5.41, 5.74) is 5.66. The Morgan fingerprint density at radius 1 is 1.58 bits per heavy atom. The van der Waals surface area contributed by atoms with Gasteiger partial charge in [-0.15, -0.1) is 0 Å². The molecule has 0 bridgehead atoms. The maximum Gasteiger partial charge on any atom is 0.316 e. The van der Waals surface area contributed by atoms with E-state index in [0.717, 1.165) is 19.3 Å². The SMILES string of the molecule is CCC(N)CCCC(S)C(=O)O. The Kier molecular flexibility index (Phi) is 6.20. The molecule has 0 aromatic rings. The average molecular weight is 191 g/mol. The monoisotopic (exact) mass is 191 g/mol. The number of nitrogens with two attached hydrogens (primary N) is 1. The zero-order valence-corrected chi connectivity index (χ0v) is 8.26. The Bertz CT molecular complexity index is 141. The molecule has 3 N–H and O–H groups in total. The van der Waals surface area contributed by atoms with Gasteiger partial charge in [-0.25, -0.2) is 0 Å². The van der Waals surface area contributed by atoms with Gasteiger partial charge in [-0.05, 0) is 19.3 Å². The van der Waals surface area contributed by atoms with Gasteiger partial charge in [0.25, 0.3) is 0 Å². The van der Waals surface area contributed by atoms with Crippen LogP contribution in [0.3, 0.4) is 0 Å². The Balaban J connectivity index is 3.37. The van der Waals surface area contributed by atoms with E-state index in [0.29, 0.717) is 6.42 Å². The average Bonchev–Trinajstić information content (AvgIpc) is 2.03. The van der Waals surface area contributed by atoms with Gasteiger partial charge in [0.1, 0.15) is 0 Å². The van der Waals surface area contributed by atoms with Crippen molar-refractivity contribution in [2.24, 2.45) is 5.73 Å². The first kappa shape index (κ1) is 11.8. The molecule has 2 atom stereocenters. The number of hydrogen-bond acceptors (Lipinski definition) is 3. The number of carboxylic acids is 1. The molecule has 0 saturated carbocycles. The second-order valence-electron chi connectivity index (χ2n) is 2.95. The number of rotatable bonds is 6. The van der Waals surface area contributed by atoms with Crippen LogP contribution in [-0.4, -0.2) is 22.4 Å². The first-order chi connectivity index (χ1) is 5.57. The van der Waals surface area contributed by atoms with E-state index >= 15 is 0 Å². The number of carbonyl (C=O) groups is 1. The van der Waals surface area contributed by atoms with Gasteiger partial charge >= 0.3 is 5.97 Å². The number of hydrogen-bond donors (Lipinski definition) is 3. The molecule has 0 fully saturated rings. The van der Waals surface area contributed by atoms with Crippen molar-refractivity contribution in [3.05, 3.63) is 0 Å². The molecule has 0 amide bonds. The van der Waals surface area contributed by atoms with Crippen molar-refractivity contribution in [2.45, 2.75) is 43.9 Å². The fourth-order valence-electron chi connectivity index (χ4n) is 0.901. The Morgan fingerprint density at radius 3 is 2.58 bits per heavy atom. The largest absolute Gasteiger partial charge is 0.480 e. The van der Waals surface area contributed by atoms with E-state index in [1.165, 1.54) is 0 Å². The topological polar surface area (TPSA) is 63.3 Å². The molecule has 0 spiro atoms. The molecular weight excluding hydrogens is 174 g/mol. The van der Waals surface area contributed by atoms with E-state index in [4.69, 9.17) is 10.8 Å². The van der Waals surface area contributed by atoms with Crippen LogP contribution < -0.4 is 5.73 Å². The summed E-state index contributed by atoms with van der Waals surface area (Å²) < 4.78 is 0. The third kappa shape index (κ3) is 5.43. The third-order valence-electron chi connectivity index (χ3n) is 1.86. The lowest BCUT2D eigenvalue weighted by atomic mass is 10.1. The molecule has 0 aliphatic heterocycles. The van der Waals surface area contributed by atoms with Crippen molar-refractivity contribution in [3.8, 4) is 0 Å². The van der Waals surface area contributed by atoms with Gasteiger partial charge in [0.05, 0.1) is 5.25 Å². The highest BCUT2D eigenvalue weighted by Gasteiger charge is 2.11. The van der Waals surface area contributed by atoms with Crippen LogP contribution in [0.25, 0.3) is 0 Å². The normalized spacial score (nSPS) is 15.6. The predicted molar refractivity (Wildman–Crippen MR) is 52.5 cm³/mol. The fourth-order valence-corrected chi connectivity index (χ4v) is 1.08. The van der Waals surface area contributed by atoms with Gasteiger partial charge < -0.3 is 10.8 Å². The van der Waals surface area contributed by atoms with Crippen LogP contribution in [-0.2, 0) is 4.79 Å². The van der Waals surface area contributed by atoms with Crippen molar-refractivity contribution in [1.82, 2.24) is 0 Å². The summed E-state index contributed by atoms with van der Waals surface area (Å²) in [6, 6.07) is 0.208. The van der Waals surface area contributed by atoms with Gasteiger partial charge in [0.15, 0.2) is 0 Å². The highest BCUT2D eigenvalue weighted by Crippen LogP contribution is 2.09. The molecule has 72 valence electrons. The first-order valence-corrected chi connectivity index (χ1v) is 4.76. The lowest BCUT2D eigenvalue weighted by Gasteiger charge is -2.09. The second kappa shape index (κ2) is 6.31. The maximum absolute atomic E-state index is 10.3. The Labute approximate surface area is 78.7 Å². The van der Waals surface area contributed by atoms with Gasteiger partial charge in [-0.1, -0.05) is 13.3 Å². The van der Waals surface area contributed by atoms with E-state index in [1.807, 2.05) is 6.92 Å². The highest BCUT2D eigenvalue weighted by atomic mass is 32.1. The summed E-state index contributed by atoms with van der Waals surface area (Å²) in [4.78, 5) is 10.3. The summed E-state index contributed by atoms with van der Waals surface area (Å²) in [6.07, 6.45) is 3.28. The minimum absolute atomic E-state index is 0.208. The Hall–Kier alpha value is -0.220. The molecule has 0 heterocycles. The van der Waals surface area contributed by atoms with Crippen LogP contribution in [0.1, 0.15) is 32.6 Å². The lowest BCUT2D eigenvalue weighted by Crippen LogP contribution is -2.20. The van der Waals surface area contributed by atoms with Gasteiger partial charge in [0, 0.05) is 6.04 Å². The zero-order chi connectivity index (χ0) is 9.56. The molecule has 0 saturated heterocycles. The molecule has 4 heteroatoms. The van der Waals surface area contributed by atoms with Crippen LogP contribution in [0.4, 0.5) is 0 Å². The molecule has 12 heavy (non-hydrogen) atoms. The smallest absolute Gasteiger partial charge is 0.316 e. The van der Waals surface area contributed by atoms with Gasteiger partial charge in [-0.3, -0.25) is 4.79 Å². The van der Waals surface area contributed by atoms with Crippen LogP contribution in [0.2, 0.25) is 0 Å². The summed E-state index contributed by atoms with van der Waals surface area (Å²) in [6.45, 7) is 2.03. The van der Waals surface area contributed by atoms with Crippen LogP contribution in [0.15, 0.2) is 0 Å². The minimum atomic E-state index is -0.844. The Morgan fingerprint density at radius 2 is 2.17 bits per heavy atom. The lowest BCUT2D eigenvalue weighted by molar-refractivity contribution is -0.136. The van der Waals surface area contributed by atoms with Crippen molar-refractivity contribution in [3.63, 3.8) is 0 Å². The predicted octanol–water partition coefficient (Wildman–Crippen LogP) is 1.28. The highest BCUT2D eigenvalue weighted by molar-refractivity contribution is 7.81. The third-order valence-corrected chi connectivity index (χ3v) is 2.34. The van der Waals surface area contributed by atoms with Gasteiger partial charge in [0.2, 0.25) is 0 Å². The van der Waals surface area contributed by atoms with Crippen LogP contribution in [0, 0.1) is 0 Å². The van der Waals surface area contributed by atoms with E-state index in [9.17, 15) is 4.79 Å². The summed E-state index contributed by atoms with van der Waals surface area (Å²) >= 11 is 3.92. The molecular formula is C8H17NO2S. The summed E-state index contributed by atoms with van der Waals surface area (Å²) in [5, 5.41) is 7.96. The maximum atomic E-state index is 10.3. The molecule has 0 rings (SSSR count). The summed E-state index contributed by atoms with van der Waals surface area (Å²) in [5.74, 6) is -0.844. The minimum Gasteiger partial charge on any atom is -0.480 e. The van der Waals surface area contributed by atoms with Crippen molar-refractivity contribution < 1.29 is 9.90 Å². The first-order valence-electron chi connectivity index (χ1n) is 4.24. The van der Waals surface area contributed by atoms with Crippen LogP contribution >= 0.6 is 12.6 Å².